The van der Waals surface area contributed by atoms with Gasteiger partial charge >= 0.3 is 12.2 Å². The Morgan fingerprint density at radius 1 is 1.69 bits per heavy atom. The van der Waals surface area contributed by atoms with E-state index < -0.39 is 23.9 Å². The Morgan fingerprint density at radius 2 is 2.31 bits per heavy atom. The normalized spacial score (nSPS) is 20.6. The fourth-order valence-corrected chi connectivity index (χ4v) is 1.12. The molecule has 1 fully saturated rings. The lowest BCUT2D eigenvalue weighted by Gasteiger charge is -2.21. The summed E-state index contributed by atoms with van der Waals surface area (Å²) in [6.45, 7) is 4.97. The van der Waals surface area contributed by atoms with Crippen LogP contribution in [0.2, 0.25) is 0 Å². The molecule has 2 amide bonds. The number of aliphatic hydroxyl groups excluding tert-OH is 1. The summed E-state index contributed by atoms with van der Waals surface area (Å²) in [6.07, 6.45) is -2.05. The molecule has 0 aromatic rings. The van der Waals surface area contributed by atoms with Crippen molar-refractivity contribution in [3.63, 3.8) is 0 Å². The van der Waals surface area contributed by atoms with Gasteiger partial charge in [-0.15, -0.1) is 0 Å². The van der Waals surface area contributed by atoms with E-state index in [4.69, 9.17) is 14.6 Å². The Kier molecular flexibility index (Phi) is 3.58. The Hall–Kier alpha value is -1.50. The third kappa shape index (κ3) is 3.58. The number of carbonyl (C=O) groups excluding carboxylic acids is 2. The Balaban J connectivity index is 2.43. The molecule has 1 heterocycles. The predicted octanol–water partition coefficient (Wildman–Crippen LogP) is 0.239. The van der Waals surface area contributed by atoms with Crippen LogP contribution in [0.15, 0.2) is 0 Å². The van der Waals surface area contributed by atoms with Gasteiger partial charge in [-0.3, -0.25) is 0 Å². The predicted molar refractivity (Wildman–Crippen MR) is 53.4 cm³/mol. The minimum atomic E-state index is -0.733. The Morgan fingerprint density at radius 3 is 2.75 bits per heavy atom. The van der Waals surface area contributed by atoms with Gasteiger partial charge in [0.15, 0.2) is 0 Å². The van der Waals surface area contributed by atoms with Crippen LogP contribution in [0.5, 0.6) is 0 Å². The molecule has 0 spiro atoms. The van der Waals surface area contributed by atoms with Gasteiger partial charge in [0.2, 0.25) is 0 Å². The smallest absolute Gasteiger partial charge is 0.429 e. The van der Waals surface area contributed by atoms with E-state index in [2.05, 4.69) is 5.43 Å². The number of nitrogens with zero attached hydrogens (tertiary/aromatic N) is 1. The van der Waals surface area contributed by atoms with E-state index in [1.807, 2.05) is 0 Å². The number of hydrogen-bond acceptors (Lipinski definition) is 5. The van der Waals surface area contributed by atoms with Crippen LogP contribution in [0.25, 0.3) is 0 Å². The highest BCUT2D eigenvalue weighted by Gasteiger charge is 2.33. The molecular weight excluding hydrogens is 216 g/mol. The zero-order valence-corrected chi connectivity index (χ0v) is 9.52. The lowest BCUT2D eigenvalue weighted by molar-refractivity contribution is 0.0389. The summed E-state index contributed by atoms with van der Waals surface area (Å²) in [5.74, 6) is 0. The van der Waals surface area contributed by atoms with Gasteiger partial charge in [0.05, 0.1) is 13.2 Å². The van der Waals surface area contributed by atoms with Crippen LogP contribution < -0.4 is 5.43 Å². The van der Waals surface area contributed by atoms with Gasteiger partial charge in [0.1, 0.15) is 11.7 Å². The van der Waals surface area contributed by atoms with Gasteiger partial charge in [-0.2, -0.15) is 0 Å². The number of ether oxygens (including phenoxy) is 2. The molecule has 92 valence electrons. The molecule has 0 aromatic carbocycles. The van der Waals surface area contributed by atoms with E-state index in [9.17, 15) is 9.59 Å². The van der Waals surface area contributed by atoms with Gasteiger partial charge in [0.25, 0.3) is 0 Å². The molecule has 0 aromatic heterocycles. The van der Waals surface area contributed by atoms with Crippen LogP contribution in [0, 0.1) is 0 Å². The molecule has 1 saturated heterocycles. The van der Waals surface area contributed by atoms with E-state index in [0.717, 1.165) is 5.01 Å². The fraction of sp³-hybridized carbons (Fsp3) is 0.778. The third-order valence-corrected chi connectivity index (χ3v) is 1.70. The lowest BCUT2D eigenvalue weighted by Crippen LogP contribution is -2.45. The minimum absolute atomic E-state index is 0.106. The van der Waals surface area contributed by atoms with Crippen LogP contribution in [0.3, 0.4) is 0 Å². The van der Waals surface area contributed by atoms with E-state index in [-0.39, 0.29) is 13.2 Å². The van der Waals surface area contributed by atoms with Crippen LogP contribution in [-0.2, 0) is 9.47 Å². The summed E-state index contributed by atoms with van der Waals surface area (Å²) < 4.78 is 9.68. The van der Waals surface area contributed by atoms with E-state index >= 15 is 0 Å². The average molecular weight is 232 g/mol. The minimum Gasteiger partial charge on any atom is -0.443 e. The van der Waals surface area contributed by atoms with Gasteiger partial charge in [-0.05, 0) is 20.8 Å². The summed E-state index contributed by atoms with van der Waals surface area (Å²) in [7, 11) is 0. The summed E-state index contributed by atoms with van der Waals surface area (Å²) in [6, 6.07) is 0. The van der Waals surface area contributed by atoms with Gasteiger partial charge < -0.3 is 14.6 Å². The number of amides is 2. The molecule has 1 aliphatic heterocycles. The van der Waals surface area contributed by atoms with Crippen LogP contribution in [0.1, 0.15) is 20.8 Å². The molecule has 7 heteroatoms. The molecule has 0 saturated carbocycles. The first-order valence-electron chi connectivity index (χ1n) is 4.90. The highest BCUT2D eigenvalue weighted by molar-refractivity contribution is 5.75. The zero-order chi connectivity index (χ0) is 12.3. The van der Waals surface area contributed by atoms with Crippen LogP contribution in [0.4, 0.5) is 9.59 Å². The standard InChI is InChI=1S/C9H16N2O5/c1-9(2,3)16-7(13)10-11-4-6(5-12)15-8(11)14/h6,12H,4-5H2,1-3H3,(H,10,13). The van der Waals surface area contributed by atoms with Gasteiger partial charge in [-0.25, -0.2) is 20.0 Å². The second-order valence-electron chi connectivity index (χ2n) is 4.41. The Labute approximate surface area is 93.3 Å². The lowest BCUT2D eigenvalue weighted by atomic mass is 10.2. The molecule has 2 N–H and O–H groups in total. The maximum Gasteiger partial charge on any atom is 0.429 e. The van der Waals surface area contributed by atoms with E-state index in [0.29, 0.717) is 0 Å². The topological polar surface area (TPSA) is 88.1 Å². The summed E-state index contributed by atoms with van der Waals surface area (Å²) >= 11 is 0. The number of hydrazine groups is 1. The fourth-order valence-electron chi connectivity index (χ4n) is 1.12. The number of carbonyl (C=O) groups is 2. The van der Waals surface area contributed by atoms with Crippen molar-refractivity contribution in [3.05, 3.63) is 0 Å². The summed E-state index contributed by atoms with van der Waals surface area (Å²) in [4.78, 5) is 22.5. The van der Waals surface area contributed by atoms with Crippen molar-refractivity contribution in [2.45, 2.75) is 32.5 Å². The molecule has 0 aliphatic carbocycles. The molecule has 7 nitrogen and oxygen atoms in total. The van der Waals surface area contributed by atoms with Crippen molar-refractivity contribution < 1.29 is 24.2 Å². The highest BCUT2D eigenvalue weighted by atomic mass is 16.6. The number of rotatable bonds is 2. The van der Waals surface area contributed by atoms with Crippen molar-refractivity contribution in [1.29, 1.82) is 0 Å². The zero-order valence-electron chi connectivity index (χ0n) is 9.52. The molecule has 16 heavy (non-hydrogen) atoms. The molecule has 0 radical (unpaired) electrons. The van der Waals surface area contributed by atoms with Crippen molar-refractivity contribution in [3.8, 4) is 0 Å². The second-order valence-corrected chi connectivity index (χ2v) is 4.41. The molecule has 1 rings (SSSR count). The monoisotopic (exact) mass is 232 g/mol. The summed E-state index contributed by atoms with van der Waals surface area (Å²) in [5.41, 5.74) is 1.60. The molecule has 0 bridgehead atoms. The Bertz CT molecular complexity index is 286. The third-order valence-electron chi connectivity index (χ3n) is 1.70. The van der Waals surface area contributed by atoms with Gasteiger partial charge in [0, 0.05) is 0 Å². The molecule has 1 unspecified atom stereocenters. The molecule has 1 atom stereocenters. The van der Waals surface area contributed by atoms with Gasteiger partial charge in [-0.1, -0.05) is 0 Å². The molecular formula is C9H16N2O5. The maximum atomic E-state index is 11.3. The summed E-state index contributed by atoms with van der Waals surface area (Å²) in [5, 5.41) is 9.74. The van der Waals surface area contributed by atoms with Crippen molar-refractivity contribution in [2.75, 3.05) is 13.2 Å². The molecule has 1 aliphatic rings. The highest BCUT2D eigenvalue weighted by Crippen LogP contribution is 2.10. The quantitative estimate of drug-likeness (QED) is 0.712. The number of nitrogens with one attached hydrogen (secondary N) is 1. The second kappa shape index (κ2) is 4.56. The largest absolute Gasteiger partial charge is 0.443 e. The number of hydrogen-bond donors (Lipinski definition) is 2. The number of cyclic esters (lactones) is 1. The van der Waals surface area contributed by atoms with Crippen molar-refractivity contribution in [2.24, 2.45) is 0 Å². The van der Waals surface area contributed by atoms with Crippen molar-refractivity contribution >= 4 is 12.2 Å². The van der Waals surface area contributed by atoms with Crippen molar-refractivity contribution in [1.82, 2.24) is 10.4 Å². The first kappa shape index (κ1) is 12.6. The van der Waals surface area contributed by atoms with Crippen LogP contribution >= 0.6 is 0 Å². The average Bonchev–Trinajstić information content (AvgIpc) is 2.44. The first-order chi connectivity index (χ1) is 7.31. The SMILES string of the molecule is CC(C)(C)OC(=O)NN1CC(CO)OC1=O. The van der Waals surface area contributed by atoms with E-state index in [1.54, 1.807) is 20.8 Å². The van der Waals surface area contributed by atoms with Crippen LogP contribution in [-0.4, -0.2) is 47.2 Å². The maximum absolute atomic E-state index is 11.3. The van der Waals surface area contributed by atoms with E-state index in [1.165, 1.54) is 0 Å². The number of aliphatic hydroxyl groups is 1. The first-order valence-corrected chi connectivity index (χ1v) is 4.90.